The normalized spacial score (nSPS) is 21.0. The smallest absolute Gasteiger partial charge is 0.408 e. The quantitative estimate of drug-likeness (QED) is 0.512. The fourth-order valence-electron chi connectivity index (χ4n) is 3.30. The van der Waals surface area contributed by atoms with E-state index in [1.54, 1.807) is 39.2 Å². The van der Waals surface area contributed by atoms with Gasteiger partial charge in [0.15, 0.2) is 18.2 Å². The summed E-state index contributed by atoms with van der Waals surface area (Å²) in [6, 6.07) is 3.30. The number of nitrogens with zero attached hydrogens (tertiary/aromatic N) is 2. The van der Waals surface area contributed by atoms with Crippen LogP contribution in [0.25, 0.3) is 0 Å². The van der Waals surface area contributed by atoms with Crippen molar-refractivity contribution in [2.24, 2.45) is 0 Å². The Morgan fingerprint density at radius 3 is 2.87 bits per heavy atom. The summed E-state index contributed by atoms with van der Waals surface area (Å²) in [5.74, 6) is 0.556. The lowest BCUT2D eigenvalue weighted by Crippen LogP contribution is -2.52. The van der Waals surface area contributed by atoms with Crippen molar-refractivity contribution in [3.63, 3.8) is 0 Å². The topological polar surface area (TPSA) is 119 Å². The lowest BCUT2D eigenvalue weighted by molar-refractivity contribution is -0.119. The van der Waals surface area contributed by atoms with Gasteiger partial charge < -0.3 is 24.3 Å². The summed E-state index contributed by atoms with van der Waals surface area (Å²) in [5, 5.41) is 5.51. The van der Waals surface area contributed by atoms with Gasteiger partial charge >= 0.3 is 6.09 Å². The molecule has 0 radical (unpaired) electrons. The number of nitrogens with one attached hydrogen (secondary N) is 2. The summed E-state index contributed by atoms with van der Waals surface area (Å²) in [6.07, 6.45) is 1.69. The number of carbonyl (C=O) groups is 3. The lowest BCUT2D eigenvalue weighted by Gasteiger charge is -2.31. The van der Waals surface area contributed by atoms with E-state index in [1.807, 2.05) is 0 Å². The zero-order chi connectivity index (χ0) is 21.9. The Morgan fingerprint density at radius 2 is 2.17 bits per heavy atom. The molecule has 0 aliphatic carbocycles. The molecular formula is C19H26N4O6S. The molecule has 0 saturated carbocycles. The summed E-state index contributed by atoms with van der Waals surface area (Å²) >= 11 is 1.22. The molecule has 3 rings (SSSR count). The van der Waals surface area contributed by atoms with Crippen LogP contribution in [0.4, 0.5) is 16.4 Å². The molecule has 0 aromatic carbocycles. The Kier molecular flexibility index (Phi) is 6.41. The predicted octanol–water partition coefficient (Wildman–Crippen LogP) is 2.10. The van der Waals surface area contributed by atoms with Crippen molar-refractivity contribution >= 4 is 41.6 Å². The molecule has 3 heterocycles. The van der Waals surface area contributed by atoms with Crippen LogP contribution in [0.2, 0.25) is 0 Å². The minimum atomic E-state index is -0.869. The number of alkyl carbamates (subject to hydrolysis) is 1. The number of hydrogen-bond donors (Lipinski definition) is 2. The molecule has 0 spiro atoms. The summed E-state index contributed by atoms with van der Waals surface area (Å²) in [4.78, 5) is 42.7. The maximum Gasteiger partial charge on any atom is 0.408 e. The lowest BCUT2D eigenvalue weighted by atomic mass is 9.94. The molecule has 1 aromatic heterocycles. The van der Waals surface area contributed by atoms with Gasteiger partial charge in [-0.15, -0.1) is 0 Å². The number of carbonyl (C=O) groups excluding carboxylic acids is 3. The Labute approximate surface area is 179 Å². The van der Waals surface area contributed by atoms with Crippen molar-refractivity contribution in [1.29, 1.82) is 0 Å². The van der Waals surface area contributed by atoms with Crippen LogP contribution < -0.4 is 20.3 Å². The summed E-state index contributed by atoms with van der Waals surface area (Å²) < 4.78 is 16.1. The van der Waals surface area contributed by atoms with E-state index < -0.39 is 17.2 Å². The fraction of sp³-hybridized carbons (Fsp3) is 0.579. The molecule has 1 atom stereocenters. The molecule has 1 fully saturated rings. The second-order valence-corrected chi connectivity index (χ2v) is 8.72. The third kappa shape index (κ3) is 5.33. The highest BCUT2D eigenvalue weighted by atomic mass is 32.2. The number of anilines is 2. The van der Waals surface area contributed by atoms with Gasteiger partial charge in [-0.2, -0.15) is 0 Å². The molecular weight excluding hydrogens is 412 g/mol. The van der Waals surface area contributed by atoms with Crippen molar-refractivity contribution in [1.82, 2.24) is 10.3 Å². The largest absolute Gasteiger partial charge is 0.480 e. The Morgan fingerprint density at radius 1 is 1.40 bits per heavy atom. The molecule has 1 saturated heterocycles. The molecule has 30 heavy (non-hydrogen) atoms. The number of fused-ring (bicyclic) bond motifs is 1. The van der Waals surface area contributed by atoms with Gasteiger partial charge in [0.05, 0.1) is 25.1 Å². The fourth-order valence-corrected chi connectivity index (χ4v) is 3.55. The molecule has 11 heteroatoms. The van der Waals surface area contributed by atoms with Crippen LogP contribution in [0.3, 0.4) is 0 Å². The zero-order valence-corrected chi connectivity index (χ0v) is 18.3. The van der Waals surface area contributed by atoms with Crippen LogP contribution in [0, 0.1) is 0 Å². The third-order valence-corrected chi connectivity index (χ3v) is 4.94. The van der Waals surface area contributed by atoms with E-state index in [-0.39, 0.29) is 37.2 Å². The summed E-state index contributed by atoms with van der Waals surface area (Å²) in [7, 11) is 0. The number of aromatic nitrogens is 1. The van der Waals surface area contributed by atoms with E-state index in [1.165, 1.54) is 16.9 Å². The molecule has 1 unspecified atom stereocenters. The Bertz CT molecular complexity index is 843. The monoisotopic (exact) mass is 438 g/mol. The first-order chi connectivity index (χ1) is 14.1. The minimum absolute atomic E-state index is 0.0744. The number of amides is 3. The SMILES string of the molecule is CSOCCC1(NC(=O)OC(C)(C)C)CC(=O)N(c2ccc3c(n2)NC(=O)CO3)C1. The van der Waals surface area contributed by atoms with Crippen molar-refractivity contribution in [3.05, 3.63) is 12.1 Å². The average Bonchev–Trinajstić information content (AvgIpc) is 2.95. The van der Waals surface area contributed by atoms with Gasteiger partial charge in [-0.05, 0) is 51.4 Å². The van der Waals surface area contributed by atoms with Crippen molar-refractivity contribution in [2.45, 2.75) is 44.8 Å². The van der Waals surface area contributed by atoms with E-state index >= 15 is 0 Å². The number of hydrogen-bond acceptors (Lipinski definition) is 8. The Balaban J connectivity index is 1.81. The first-order valence-corrected chi connectivity index (χ1v) is 10.7. The van der Waals surface area contributed by atoms with E-state index in [9.17, 15) is 14.4 Å². The standard InChI is InChI=1S/C19H26N4O6S/c1-18(2,3)29-17(26)22-19(7-8-28-30-4)9-15(25)23(11-19)13-6-5-12-16(20-13)21-14(24)10-27-12/h5-6H,7-11H2,1-4H3,(H,22,26)(H,20,21,24). The first-order valence-electron chi connectivity index (χ1n) is 9.52. The van der Waals surface area contributed by atoms with Crippen molar-refractivity contribution in [3.8, 4) is 5.75 Å². The van der Waals surface area contributed by atoms with Gasteiger partial charge in [-0.25, -0.2) is 9.78 Å². The van der Waals surface area contributed by atoms with Crippen LogP contribution in [0.1, 0.15) is 33.6 Å². The highest BCUT2D eigenvalue weighted by molar-refractivity contribution is 7.93. The molecule has 3 amide bonds. The van der Waals surface area contributed by atoms with Gasteiger partial charge in [0.1, 0.15) is 11.4 Å². The van der Waals surface area contributed by atoms with Crippen LogP contribution in [0.5, 0.6) is 5.75 Å². The van der Waals surface area contributed by atoms with E-state index in [4.69, 9.17) is 13.7 Å². The molecule has 2 aliphatic rings. The first kappa shape index (κ1) is 22.2. The van der Waals surface area contributed by atoms with Crippen LogP contribution in [-0.4, -0.2) is 60.0 Å². The molecule has 10 nitrogen and oxygen atoms in total. The molecule has 2 aliphatic heterocycles. The summed E-state index contributed by atoms with van der Waals surface area (Å²) in [5.41, 5.74) is -1.53. The van der Waals surface area contributed by atoms with Crippen molar-refractivity contribution < 1.29 is 28.0 Å². The van der Waals surface area contributed by atoms with E-state index in [0.717, 1.165) is 0 Å². The number of pyridine rings is 1. The van der Waals surface area contributed by atoms with Gasteiger partial charge in [0, 0.05) is 6.26 Å². The zero-order valence-electron chi connectivity index (χ0n) is 17.4. The van der Waals surface area contributed by atoms with Gasteiger partial charge in [0.2, 0.25) is 5.91 Å². The highest BCUT2D eigenvalue weighted by Crippen LogP contribution is 2.34. The second kappa shape index (κ2) is 8.68. The average molecular weight is 439 g/mol. The predicted molar refractivity (Wildman–Crippen MR) is 112 cm³/mol. The maximum atomic E-state index is 12.9. The second-order valence-electron chi connectivity index (χ2n) is 8.16. The minimum Gasteiger partial charge on any atom is -0.480 e. The molecule has 1 aromatic rings. The molecule has 0 bridgehead atoms. The van der Waals surface area contributed by atoms with Crippen molar-refractivity contribution in [2.75, 3.05) is 36.2 Å². The number of ether oxygens (including phenoxy) is 2. The maximum absolute atomic E-state index is 12.9. The molecule has 164 valence electrons. The van der Waals surface area contributed by atoms with E-state index in [0.29, 0.717) is 24.6 Å². The van der Waals surface area contributed by atoms with Crippen LogP contribution in [-0.2, 0) is 18.5 Å². The Hall–Kier alpha value is -2.53. The van der Waals surface area contributed by atoms with Gasteiger partial charge in [0.25, 0.3) is 5.91 Å². The van der Waals surface area contributed by atoms with Gasteiger partial charge in [-0.1, -0.05) is 0 Å². The number of rotatable bonds is 6. The summed E-state index contributed by atoms with van der Waals surface area (Å²) in [6.45, 7) is 5.79. The van der Waals surface area contributed by atoms with E-state index in [2.05, 4.69) is 15.6 Å². The van der Waals surface area contributed by atoms with Gasteiger partial charge in [-0.3, -0.25) is 14.5 Å². The van der Waals surface area contributed by atoms with Crippen LogP contribution in [0.15, 0.2) is 12.1 Å². The highest BCUT2D eigenvalue weighted by Gasteiger charge is 2.46. The molecule has 2 N–H and O–H groups in total. The third-order valence-electron chi connectivity index (χ3n) is 4.54. The van der Waals surface area contributed by atoms with Crippen LogP contribution >= 0.6 is 12.0 Å².